The van der Waals surface area contributed by atoms with Gasteiger partial charge in [-0.15, -0.1) is 0 Å². The first-order chi connectivity index (χ1) is 8.69. The van der Waals surface area contributed by atoms with Crippen LogP contribution in [0.2, 0.25) is 0 Å². The summed E-state index contributed by atoms with van der Waals surface area (Å²) in [4.78, 5) is 2.14. The van der Waals surface area contributed by atoms with Crippen LogP contribution in [0.1, 0.15) is 19.3 Å². The molecule has 1 saturated heterocycles. The van der Waals surface area contributed by atoms with Gasteiger partial charge in [0.05, 0.1) is 18.5 Å². The Labute approximate surface area is 107 Å². The molecule has 1 saturated carbocycles. The molecule has 3 rings (SSSR count). The number of ether oxygens (including phenoxy) is 1. The van der Waals surface area contributed by atoms with E-state index in [1.807, 2.05) is 0 Å². The summed E-state index contributed by atoms with van der Waals surface area (Å²) in [5, 5.41) is 0. The first kappa shape index (κ1) is 11.6. The van der Waals surface area contributed by atoms with Gasteiger partial charge in [-0.2, -0.15) is 0 Å². The van der Waals surface area contributed by atoms with Crippen LogP contribution in [-0.2, 0) is 0 Å². The molecule has 0 bridgehead atoms. The number of hydrogen-bond acceptors (Lipinski definition) is 3. The highest BCUT2D eigenvalue weighted by Crippen LogP contribution is 2.41. The number of nitrogens with two attached hydrogens (primary N) is 1. The van der Waals surface area contributed by atoms with E-state index in [-0.39, 0.29) is 5.82 Å². The maximum atomic E-state index is 14.0. The summed E-state index contributed by atoms with van der Waals surface area (Å²) in [5.74, 6) is 1.80. The fourth-order valence-electron chi connectivity index (χ4n) is 3.41. The third-order valence-corrected chi connectivity index (χ3v) is 4.37. The predicted octanol–water partition coefficient (Wildman–Crippen LogP) is 2.65. The molecule has 98 valence electrons. The number of nitrogens with zero attached hydrogens (tertiary/aromatic N) is 1. The lowest BCUT2D eigenvalue weighted by atomic mass is 10.0. The Balaban J connectivity index is 1.88. The fourth-order valence-corrected chi connectivity index (χ4v) is 3.41. The standard InChI is InChI=1S/C14H19FN2O/c1-18-14-6-13(11(15)5-12(14)16)17-7-9-3-2-4-10(9)8-17/h5-6,9-10H,2-4,7-8,16H2,1H3. The topological polar surface area (TPSA) is 38.5 Å². The lowest BCUT2D eigenvalue weighted by Crippen LogP contribution is -2.22. The van der Waals surface area contributed by atoms with Crippen LogP contribution >= 0.6 is 0 Å². The highest BCUT2D eigenvalue weighted by atomic mass is 19.1. The smallest absolute Gasteiger partial charge is 0.148 e. The minimum absolute atomic E-state index is 0.242. The summed E-state index contributed by atoms with van der Waals surface area (Å²) in [6.45, 7) is 1.93. The monoisotopic (exact) mass is 250 g/mol. The Kier molecular flexibility index (Phi) is 2.80. The number of nitrogen functional groups attached to an aromatic ring is 1. The minimum Gasteiger partial charge on any atom is -0.495 e. The molecule has 2 aliphatic rings. The third kappa shape index (κ3) is 1.80. The minimum atomic E-state index is -0.242. The summed E-state index contributed by atoms with van der Waals surface area (Å²) in [6, 6.07) is 3.09. The Bertz CT molecular complexity index is 451. The number of methoxy groups -OCH3 is 1. The summed E-state index contributed by atoms with van der Waals surface area (Å²) in [6.07, 6.45) is 3.90. The van der Waals surface area contributed by atoms with Gasteiger partial charge in [0, 0.05) is 25.2 Å². The highest BCUT2D eigenvalue weighted by molar-refractivity contribution is 5.63. The van der Waals surface area contributed by atoms with Crippen molar-refractivity contribution in [2.75, 3.05) is 30.8 Å². The Morgan fingerprint density at radius 2 is 1.94 bits per heavy atom. The normalized spacial score (nSPS) is 26.4. The van der Waals surface area contributed by atoms with Gasteiger partial charge in [-0.25, -0.2) is 4.39 Å². The maximum absolute atomic E-state index is 14.0. The molecule has 0 radical (unpaired) electrons. The van der Waals surface area contributed by atoms with E-state index in [0.29, 0.717) is 17.1 Å². The molecule has 2 N–H and O–H groups in total. The van der Waals surface area contributed by atoms with E-state index < -0.39 is 0 Å². The average Bonchev–Trinajstić information content (AvgIpc) is 2.89. The van der Waals surface area contributed by atoms with Crippen molar-refractivity contribution in [1.29, 1.82) is 0 Å². The van der Waals surface area contributed by atoms with Crippen molar-refractivity contribution in [3.8, 4) is 5.75 Å². The quantitative estimate of drug-likeness (QED) is 0.820. The molecule has 0 amide bonds. The van der Waals surface area contributed by atoms with E-state index in [1.54, 1.807) is 13.2 Å². The number of rotatable bonds is 2. The highest BCUT2D eigenvalue weighted by Gasteiger charge is 2.37. The van der Waals surface area contributed by atoms with E-state index in [9.17, 15) is 4.39 Å². The number of hydrogen-bond donors (Lipinski definition) is 1. The molecule has 4 heteroatoms. The molecule has 3 nitrogen and oxygen atoms in total. The van der Waals surface area contributed by atoms with Gasteiger partial charge in [0.25, 0.3) is 0 Å². The number of benzene rings is 1. The summed E-state index contributed by atoms with van der Waals surface area (Å²) < 4.78 is 19.2. The zero-order valence-electron chi connectivity index (χ0n) is 10.7. The lowest BCUT2D eigenvalue weighted by Gasteiger charge is -2.21. The zero-order valence-corrected chi connectivity index (χ0v) is 10.7. The van der Waals surface area contributed by atoms with Gasteiger partial charge >= 0.3 is 0 Å². The second kappa shape index (κ2) is 4.34. The van der Waals surface area contributed by atoms with Crippen LogP contribution in [0.3, 0.4) is 0 Å². The molecule has 2 atom stereocenters. The zero-order chi connectivity index (χ0) is 12.7. The fraction of sp³-hybridized carbons (Fsp3) is 0.571. The molecule has 2 fully saturated rings. The summed E-state index contributed by atoms with van der Waals surface area (Å²) >= 11 is 0. The average molecular weight is 250 g/mol. The van der Waals surface area contributed by atoms with Crippen molar-refractivity contribution in [2.24, 2.45) is 11.8 Å². The number of fused-ring (bicyclic) bond motifs is 1. The van der Waals surface area contributed by atoms with E-state index in [1.165, 1.54) is 25.3 Å². The Morgan fingerprint density at radius 3 is 2.56 bits per heavy atom. The van der Waals surface area contributed by atoms with Crippen molar-refractivity contribution < 1.29 is 9.13 Å². The predicted molar refractivity (Wildman–Crippen MR) is 70.4 cm³/mol. The van der Waals surface area contributed by atoms with Crippen molar-refractivity contribution in [1.82, 2.24) is 0 Å². The van der Waals surface area contributed by atoms with Gasteiger partial charge < -0.3 is 15.4 Å². The Hall–Kier alpha value is -1.45. The van der Waals surface area contributed by atoms with Crippen LogP contribution in [0.25, 0.3) is 0 Å². The molecule has 2 unspecified atom stereocenters. The molecule has 0 aromatic heterocycles. The second-order valence-corrected chi connectivity index (χ2v) is 5.40. The Morgan fingerprint density at radius 1 is 1.28 bits per heavy atom. The van der Waals surface area contributed by atoms with E-state index >= 15 is 0 Å². The van der Waals surface area contributed by atoms with Gasteiger partial charge in [0.15, 0.2) is 0 Å². The van der Waals surface area contributed by atoms with Gasteiger partial charge in [0.1, 0.15) is 11.6 Å². The summed E-state index contributed by atoms with van der Waals surface area (Å²) in [5.41, 5.74) is 6.70. The molecule has 18 heavy (non-hydrogen) atoms. The lowest BCUT2D eigenvalue weighted by molar-refractivity contribution is 0.416. The SMILES string of the molecule is COc1cc(N2CC3CCCC3C2)c(F)cc1N. The van der Waals surface area contributed by atoms with E-state index in [4.69, 9.17) is 10.5 Å². The van der Waals surface area contributed by atoms with Crippen molar-refractivity contribution in [3.05, 3.63) is 17.9 Å². The molecule has 1 aromatic carbocycles. The van der Waals surface area contributed by atoms with E-state index in [2.05, 4.69) is 4.90 Å². The molecule has 1 aliphatic heterocycles. The molecular weight excluding hydrogens is 231 g/mol. The van der Waals surface area contributed by atoms with E-state index in [0.717, 1.165) is 24.9 Å². The first-order valence-corrected chi connectivity index (χ1v) is 6.57. The largest absolute Gasteiger partial charge is 0.495 e. The van der Waals surface area contributed by atoms with Gasteiger partial charge in [0.2, 0.25) is 0 Å². The van der Waals surface area contributed by atoms with Crippen LogP contribution in [-0.4, -0.2) is 20.2 Å². The van der Waals surface area contributed by atoms with Crippen molar-refractivity contribution in [2.45, 2.75) is 19.3 Å². The van der Waals surface area contributed by atoms with Crippen molar-refractivity contribution in [3.63, 3.8) is 0 Å². The summed E-state index contributed by atoms with van der Waals surface area (Å²) in [7, 11) is 1.56. The van der Waals surface area contributed by atoms with Crippen LogP contribution in [0.5, 0.6) is 5.75 Å². The van der Waals surface area contributed by atoms with Crippen LogP contribution in [0.4, 0.5) is 15.8 Å². The third-order valence-electron chi connectivity index (χ3n) is 4.37. The number of halogens is 1. The maximum Gasteiger partial charge on any atom is 0.148 e. The molecular formula is C14H19FN2O. The van der Waals surface area contributed by atoms with Gasteiger partial charge in [-0.3, -0.25) is 0 Å². The van der Waals surface area contributed by atoms with Crippen molar-refractivity contribution >= 4 is 11.4 Å². The second-order valence-electron chi connectivity index (χ2n) is 5.40. The molecule has 1 heterocycles. The number of anilines is 2. The van der Waals surface area contributed by atoms with Gasteiger partial charge in [-0.05, 0) is 24.7 Å². The molecule has 1 aromatic rings. The van der Waals surface area contributed by atoms with Crippen LogP contribution in [0, 0.1) is 17.7 Å². The van der Waals surface area contributed by atoms with Crippen LogP contribution in [0.15, 0.2) is 12.1 Å². The van der Waals surface area contributed by atoms with Gasteiger partial charge in [-0.1, -0.05) is 6.42 Å². The van der Waals surface area contributed by atoms with Crippen LogP contribution < -0.4 is 15.4 Å². The molecule has 0 spiro atoms. The molecule has 1 aliphatic carbocycles. The first-order valence-electron chi connectivity index (χ1n) is 6.57.